The van der Waals surface area contributed by atoms with Crippen LogP contribution >= 0.6 is 12.2 Å². The van der Waals surface area contributed by atoms with Gasteiger partial charge in [-0.1, -0.05) is 23.8 Å². The molecule has 0 aromatic heterocycles. The van der Waals surface area contributed by atoms with Crippen LogP contribution in [-0.4, -0.2) is 10.8 Å². The van der Waals surface area contributed by atoms with Crippen molar-refractivity contribution in [2.75, 3.05) is 5.32 Å². The SMILES string of the molecule is CC1=C/C(=N/NC(=S)Nc2c(C)cccc2C)CC1. The average molecular weight is 273 g/mol. The van der Waals surface area contributed by atoms with Crippen molar-refractivity contribution < 1.29 is 0 Å². The summed E-state index contributed by atoms with van der Waals surface area (Å²) in [4.78, 5) is 0. The van der Waals surface area contributed by atoms with Crippen molar-refractivity contribution in [3.8, 4) is 0 Å². The molecule has 0 atom stereocenters. The third-order valence-corrected chi connectivity index (χ3v) is 3.40. The standard InChI is InChI=1S/C15H19N3S/c1-10-7-8-13(9-10)17-18-15(19)16-14-11(2)5-4-6-12(14)3/h4-6,9H,7-8H2,1-3H3,(H2,16,18,19)/b17-13+. The van der Waals surface area contributed by atoms with Crippen LogP contribution in [0.1, 0.15) is 30.9 Å². The van der Waals surface area contributed by atoms with Gasteiger partial charge >= 0.3 is 0 Å². The Morgan fingerprint density at radius 3 is 2.42 bits per heavy atom. The predicted molar refractivity (Wildman–Crippen MR) is 85.7 cm³/mol. The van der Waals surface area contributed by atoms with Crippen LogP contribution < -0.4 is 10.7 Å². The van der Waals surface area contributed by atoms with Crippen molar-refractivity contribution >= 4 is 28.7 Å². The Balaban J connectivity index is 1.99. The maximum Gasteiger partial charge on any atom is 0.191 e. The van der Waals surface area contributed by atoms with Gasteiger partial charge in [-0.05, 0) is 63.0 Å². The first kappa shape index (κ1) is 13.7. The fourth-order valence-electron chi connectivity index (χ4n) is 2.12. The van der Waals surface area contributed by atoms with Gasteiger partial charge in [-0.25, -0.2) is 0 Å². The minimum Gasteiger partial charge on any atom is -0.331 e. The van der Waals surface area contributed by atoms with Crippen molar-refractivity contribution in [3.63, 3.8) is 0 Å². The first-order valence-electron chi connectivity index (χ1n) is 6.43. The van der Waals surface area contributed by atoms with E-state index in [1.165, 1.54) is 16.7 Å². The summed E-state index contributed by atoms with van der Waals surface area (Å²) in [6, 6.07) is 6.17. The Morgan fingerprint density at radius 1 is 1.16 bits per heavy atom. The van der Waals surface area contributed by atoms with Crippen LogP contribution in [0.15, 0.2) is 34.9 Å². The van der Waals surface area contributed by atoms with E-state index in [1.807, 2.05) is 6.07 Å². The second-order valence-corrected chi connectivity index (χ2v) is 5.33. The number of nitrogens with zero attached hydrogens (tertiary/aromatic N) is 1. The Labute approximate surface area is 119 Å². The third kappa shape index (κ3) is 3.64. The number of nitrogens with one attached hydrogen (secondary N) is 2. The summed E-state index contributed by atoms with van der Waals surface area (Å²) < 4.78 is 0. The molecular formula is C15H19N3S. The average Bonchev–Trinajstić information content (AvgIpc) is 2.77. The van der Waals surface area contributed by atoms with Gasteiger partial charge in [-0.3, -0.25) is 5.43 Å². The molecular weight excluding hydrogens is 254 g/mol. The topological polar surface area (TPSA) is 36.4 Å². The lowest BCUT2D eigenvalue weighted by Crippen LogP contribution is -2.25. The summed E-state index contributed by atoms with van der Waals surface area (Å²) >= 11 is 5.27. The quantitative estimate of drug-likeness (QED) is 0.637. The Hall–Kier alpha value is -1.68. The second kappa shape index (κ2) is 5.97. The molecule has 0 fully saturated rings. The number of thiocarbonyl (C=S) groups is 1. The highest BCUT2D eigenvalue weighted by Crippen LogP contribution is 2.19. The molecule has 0 radical (unpaired) electrons. The molecule has 0 bridgehead atoms. The lowest BCUT2D eigenvalue weighted by atomic mass is 10.1. The molecule has 3 nitrogen and oxygen atoms in total. The highest BCUT2D eigenvalue weighted by Gasteiger charge is 2.07. The molecule has 0 aliphatic heterocycles. The molecule has 100 valence electrons. The van der Waals surface area contributed by atoms with Crippen LogP contribution in [-0.2, 0) is 0 Å². The summed E-state index contributed by atoms with van der Waals surface area (Å²) in [6.07, 6.45) is 4.19. The molecule has 0 saturated carbocycles. The van der Waals surface area contributed by atoms with Crippen molar-refractivity contribution in [2.45, 2.75) is 33.6 Å². The minimum absolute atomic E-state index is 0.530. The number of allylic oxidation sites excluding steroid dienone is 2. The van der Waals surface area contributed by atoms with Gasteiger partial charge in [0.2, 0.25) is 0 Å². The van der Waals surface area contributed by atoms with E-state index in [9.17, 15) is 0 Å². The monoisotopic (exact) mass is 273 g/mol. The zero-order chi connectivity index (χ0) is 13.8. The molecule has 0 amide bonds. The fourth-order valence-corrected chi connectivity index (χ4v) is 2.27. The van der Waals surface area contributed by atoms with E-state index in [1.54, 1.807) is 0 Å². The van der Waals surface area contributed by atoms with Crippen LogP contribution in [0.25, 0.3) is 0 Å². The fraction of sp³-hybridized carbons (Fsp3) is 0.333. The van der Waals surface area contributed by atoms with Gasteiger partial charge in [0.15, 0.2) is 5.11 Å². The Bertz CT molecular complexity index is 538. The van der Waals surface area contributed by atoms with Crippen LogP contribution in [0.5, 0.6) is 0 Å². The predicted octanol–water partition coefficient (Wildman–Crippen LogP) is 3.69. The molecule has 1 aromatic rings. The summed E-state index contributed by atoms with van der Waals surface area (Å²) in [6.45, 7) is 6.25. The number of hydrazone groups is 1. The summed E-state index contributed by atoms with van der Waals surface area (Å²) in [7, 11) is 0. The summed E-state index contributed by atoms with van der Waals surface area (Å²) in [5.41, 5.74) is 8.74. The molecule has 0 spiro atoms. The van der Waals surface area contributed by atoms with Gasteiger partial charge in [0.05, 0.1) is 5.71 Å². The van der Waals surface area contributed by atoms with Crippen LogP contribution in [0.2, 0.25) is 0 Å². The molecule has 0 heterocycles. The zero-order valence-electron chi connectivity index (χ0n) is 11.6. The number of rotatable bonds is 2. The van der Waals surface area contributed by atoms with Gasteiger partial charge in [-0.2, -0.15) is 5.10 Å². The normalized spacial score (nSPS) is 16.4. The van der Waals surface area contributed by atoms with Gasteiger partial charge < -0.3 is 5.32 Å². The highest BCUT2D eigenvalue weighted by molar-refractivity contribution is 7.80. The van der Waals surface area contributed by atoms with E-state index in [2.05, 4.69) is 54.8 Å². The number of aryl methyl sites for hydroxylation is 2. The molecule has 1 aliphatic carbocycles. The van der Waals surface area contributed by atoms with E-state index in [4.69, 9.17) is 12.2 Å². The number of para-hydroxylation sites is 1. The number of hydrogen-bond donors (Lipinski definition) is 2. The van der Waals surface area contributed by atoms with E-state index >= 15 is 0 Å². The molecule has 1 aliphatic rings. The van der Waals surface area contributed by atoms with Crippen molar-refractivity contribution in [1.82, 2.24) is 5.43 Å². The molecule has 1 aromatic carbocycles. The third-order valence-electron chi connectivity index (χ3n) is 3.21. The molecule has 0 unspecified atom stereocenters. The number of benzene rings is 1. The lowest BCUT2D eigenvalue weighted by molar-refractivity contribution is 1.00. The van der Waals surface area contributed by atoms with Crippen molar-refractivity contribution in [2.24, 2.45) is 5.10 Å². The molecule has 4 heteroatoms. The molecule has 2 N–H and O–H groups in total. The maximum absolute atomic E-state index is 5.27. The van der Waals surface area contributed by atoms with Crippen molar-refractivity contribution in [3.05, 3.63) is 41.0 Å². The van der Waals surface area contributed by atoms with Crippen LogP contribution in [0.4, 0.5) is 5.69 Å². The summed E-state index contributed by atoms with van der Waals surface area (Å²) in [5, 5.41) is 8.05. The van der Waals surface area contributed by atoms with E-state index < -0.39 is 0 Å². The smallest absolute Gasteiger partial charge is 0.191 e. The van der Waals surface area contributed by atoms with Gasteiger partial charge in [0, 0.05) is 5.69 Å². The Morgan fingerprint density at radius 2 is 1.84 bits per heavy atom. The van der Waals surface area contributed by atoms with E-state index in [0.29, 0.717) is 5.11 Å². The van der Waals surface area contributed by atoms with Gasteiger partial charge in [0.25, 0.3) is 0 Å². The molecule has 0 saturated heterocycles. The number of hydrogen-bond acceptors (Lipinski definition) is 2. The second-order valence-electron chi connectivity index (χ2n) is 4.93. The number of anilines is 1. The van der Waals surface area contributed by atoms with Gasteiger partial charge in [-0.15, -0.1) is 0 Å². The van der Waals surface area contributed by atoms with Crippen molar-refractivity contribution in [1.29, 1.82) is 0 Å². The zero-order valence-corrected chi connectivity index (χ0v) is 12.4. The van der Waals surface area contributed by atoms with Gasteiger partial charge in [0.1, 0.15) is 0 Å². The summed E-state index contributed by atoms with van der Waals surface area (Å²) in [5.74, 6) is 0. The molecule has 2 rings (SSSR count). The highest BCUT2D eigenvalue weighted by atomic mass is 32.1. The van der Waals surface area contributed by atoms with Crippen LogP contribution in [0, 0.1) is 13.8 Å². The minimum atomic E-state index is 0.530. The Kier molecular flexibility index (Phi) is 4.32. The van der Waals surface area contributed by atoms with E-state index in [0.717, 1.165) is 24.2 Å². The maximum atomic E-state index is 5.27. The largest absolute Gasteiger partial charge is 0.331 e. The van der Waals surface area contributed by atoms with E-state index in [-0.39, 0.29) is 0 Å². The van der Waals surface area contributed by atoms with Crippen LogP contribution in [0.3, 0.4) is 0 Å². The first-order valence-corrected chi connectivity index (χ1v) is 6.84. The first-order chi connectivity index (χ1) is 9.06. The lowest BCUT2D eigenvalue weighted by Gasteiger charge is -2.12. The molecule has 19 heavy (non-hydrogen) atoms.